The molecule has 0 amide bonds. The normalized spacial score (nSPS) is 13.9. The van der Waals surface area contributed by atoms with Gasteiger partial charge < -0.3 is 20.4 Å². The van der Waals surface area contributed by atoms with E-state index in [9.17, 15) is 0 Å². The largest absolute Gasteiger partial charge is 0.503 e. The summed E-state index contributed by atoms with van der Waals surface area (Å²) in [5.41, 5.74) is 0. The van der Waals surface area contributed by atoms with Crippen molar-refractivity contribution in [2.75, 3.05) is 0 Å². The fourth-order valence-corrected chi connectivity index (χ4v) is 6.37. The van der Waals surface area contributed by atoms with Crippen molar-refractivity contribution in [1.82, 2.24) is 0 Å². The van der Waals surface area contributed by atoms with E-state index in [4.69, 9.17) is 30.0 Å². The van der Waals surface area contributed by atoms with Gasteiger partial charge in [0.15, 0.2) is 0 Å². The summed E-state index contributed by atoms with van der Waals surface area (Å²) in [7, 11) is 0. The maximum atomic E-state index is 8.56. The summed E-state index contributed by atoms with van der Waals surface area (Å²) in [6, 6.07) is 0. The number of hydrogen-bond donors (Lipinski definition) is 4. The molecular weight excluding hydrogens is 528 g/mol. The average molecular weight is 601 g/mol. The van der Waals surface area contributed by atoms with Crippen molar-refractivity contribution in [3.8, 4) is 0 Å². The fourth-order valence-electron chi connectivity index (χ4n) is 6.37. The second-order valence-corrected chi connectivity index (χ2v) is 12.9. The monoisotopic (exact) mass is 601 g/mol. The molecule has 1 aliphatic carbocycles. The lowest BCUT2D eigenvalue weighted by Gasteiger charge is -2.27. The molecule has 0 aromatic carbocycles. The van der Waals surface area contributed by atoms with Gasteiger partial charge in [-0.25, -0.2) is 9.59 Å². The lowest BCUT2D eigenvalue weighted by atomic mass is 9.79. The zero-order valence-corrected chi connectivity index (χ0v) is 28.0. The highest BCUT2D eigenvalue weighted by Crippen LogP contribution is 2.32. The van der Waals surface area contributed by atoms with E-state index in [1.54, 1.807) is 0 Å². The van der Waals surface area contributed by atoms with Gasteiger partial charge in [0.2, 0.25) is 0 Å². The van der Waals surface area contributed by atoms with Crippen molar-refractivity contribution in [3.05, 3.63) is 0 Å². The minimum atomic E-state index is -1.83. The Labute approximate surface area is 260 Å². The standard InChI is InChI=1S/C34H68.2CH2O3/c1-3-4-5-6-7-8-9-10-11-12-13-14-15-16-17-18-19-20-21-22-23-24-25-27-30-33(2)34-31-28-26-29-32-34;2*2-1(3)4/h33-34H,3-32H2,1-2H3;2*(H2,2,3,4). The molecule has 1 unspecified atom stereocenters. The first-order valence-electron chi connectivity index (χ1n) is 18.1. The van der Waals surface area contributed by atoms with Gasteiger partial charge in [0.1, 0.15) is 0 Å². The van der Waals surface area contributed by atoms with Crippen molar-refractivity contribution in [2.45, 2.75) is 206 Å². The molecule has 0 heterocycles. The summed E-state index contributed by atoms with van der Waals surface area (Å²) in [6.45, 7) is 4.84. The van der Waals surface area contributed by atoms with E-state index < -0.39 is 12.3 Å². The minimum absolute atomic E-state index is 1.00. The van der Waals surface area contributed by atoms with Crippen LogP contribution in [0.2, 0.25) is 0 Å². The van der Waals surface area contributed by atoms with Crippen LogP contribution in [0.1, 0.15) is 206 Å². The average Bonchev–Trinajstić information content (AvgIpc) is 2.95. The molecule has 1 saturated carbocycles. The van der Waals surface area contributed by atoms with E-state index in [0.29, 0.717) is 0 Å². The first-order valence-corrected chi connectivity index (χ1v) is 18.1. The molecule has 1 atom stereocenters. The van der Waals surface area contributed by atoms with Crippen molar-refractivity contribution in [2.24, 2.45) is 11.8 Å². The zero-order valence-electron chi connectivity index (χ0n) is 28.0. The zero-order chi connectivity index (χ0) is 31.5. The van der Waals surface area contributed by atoms with Crippen LogP contribution in [0.15, 0.2) is 0 Å². The lowest BCUT2D eigenvalue weighted by molar-refractivity contribution is 0.135. The van der Waals surface area contributed by atoms with E-state index in [1.165, 1.54) is 193 Å². The van der Waals surface area contributed by atoms with Gasteiger partial charge in [0.05, 0.1) is 0 Å². The van der Waals surface area contributed by atoms with Gasteiger partial charge in [-0.1, -0.05) is 206 Å². The molecular formula is C36H72O6. The minimum Gasteiger partial charge on any atom is -0.450 e. The molecule has 0 bridgehead atoms. The predicted octanol–water partition coefficient (Wildman–Crippen LogP) is 13.4. The lowest BCUT2D eigenvalue weighted by Crippen LogP contribution is -2.15. The Balaban J connectivity index is 0. The summed E-state index contributed by atoms with van der Waals surface area (Å²) in [6.07, 6.45) is 41.1. The van der Waals surface area contributed by atoms with E-state index in [1.807, 2.05) is 0 Å². The van der Waals surface area contributed by atoms with Crippen molar-refractivity contribution < 1.29 is 30.0 Å². The smallest absolute Gasteiger partial charge is 0.450 e. The Morgan fingerprint density at radius 2 is 0.714 bits per heavy atom. The summed E-state index contributed by atoms with van der Waals surface area (Å²) in [5.74, 6) is 2.07. The summed E-state index contributed by atoms with van der Waals surface area (Å²) in [5, 5.41) is 27.9. The van der Waals surface area contributed by atoms with Crippen molar-refractivity contribution in [3.63, 3.8) is 0 Å². The van der Waals surface area contributed by atoms with Crippen LogP contribution in [-0.2, 0) is 0 Å². The molecule has 1 fully saturated rings. The van der Waals surface area contributed by atoms with Gasteiger partial charge in [-0.05, 0) is 11.8 Å². The first kappa shape index (κ1) is 42.7. The Bertz CT molecular complexity index is 527. The van der Waals surface area contributed by atoms with Crippen LogP contribution in [0.4, 0.5) is 9.59 Å². The Kier molecular flexibility index (Phi) is 36.3. The summed E-state index contributed by atoms with van der Waals surface area (Å²) in [4.78, 5) is 17.1. The highest BCUT2D eigenvalue weighted by Gasteiger charge is 2.19. The maximum absolute atomic E-state index is 8.56. The molecule has 1 rings (SSSR count). The highest BCUT2D eigenvalue weighted by atomic mass is 16.6. The fraction of sp³-hybridized carbons (Fsp3) is 0.944. The number of carboxylic acid groups (broad SMARTS) is 4. The molecule has 0 saturated heterocycles. The molecule has 4 N–H and O–H groups in total. The molecule has 0 radical (unpaired) electrons. The second-order valence-electron chi connectivity index (χ2n) is 12.9. The van der Waals surface area contributed by atoms with Gasteiger partial charge >= 0.3 is 12.3 Å². The second kappa shape index (κ2) is 35.7. The number of hydrogen-bond acceptors (Lipinski definition) is 2. The molecule has 6 nitrogen and oxygen atoms in total. The molecule has 42 heavy (non-hydrogen) atoms. The number of unbranched alkanes of at least 4 members (excludes halogenated alkanes) is 23. The Morgan fingerprint density at radius 3 is 0.976 bits per heavy atom. The van der Waals surface area contributed by atoms with Crippen LogP contribution < -0.4 is 0 Å². The molecule has 0 aliphatic heterocycles. The maximum Gasteiger partial charge on any atom is 0.503 e. The summed E-state index contributed by atoms with van der Waals surface area (Å²) >= 11 is 0. The quantitative estimate of drug-likeness (QED) is 0.0734. The summed E-state index contributed by atoms with van der Waals surface area (Å²) < 4.78 is 0. The van der Waals surface area contributed by atoms with E-state index in [-0.39, 0.29) is 0 Å². The Morgan fingerprint density at radius 1 is 0.476 bits per heavy atom. The molecule has 0 aromatic heterocycles. The van der Waals surface area contributed by atoms with E-state index in [2.05, 4.69) is 13.8 Å². The number of carbonyl (C=O) groups is 2. The SMILES string of the molecule is CCCCCCCCCCCCCCCCCCCCCCCCCCC(C)C1CCCCC1.O=C(O)O.O=C(O)O. The van der Waals surface area contributed by atoms with Crippen LogP contribution in [0.25, 0.3) is 0 Å². The van der Waals surface area contributed by atoms with Crippen LogP contribution in [0, 0.1) is 11.8 Å². The number of rotatable bonds is 26. The Hall–Kier alpha value is -1.46. The van der Waals surface area contributed by atoms with Crippen LogP contribution in [0.5, 0.6) is 0 Å². The molecule has 252 valence electrons. The third-order valence-corrected chi connectivity index (χ3v) is 8.97. The van der Waals surface area contributed by atoms with Gasteiger partial charge in [0.25, 0.3) is 0 Å². The van der Waals surface area contributed by atoms with Gasteiger partial charge in [0, 0.05) is 0 Å². The molecule has 0 aromatic rings. The third kappa shape index (κ3) is 40.7. The topological polar surface area (TPSA) is 115 Å². The van der Waals surface area contributed by atoms with E-state index >= 15 is 0 Å². The van der Waals surface area contributed by atoms with Crippen LogP contribution in [0.3, 0.4) is 0 Å². The van der Waals surface area contributed by atoms with Crippen molar-refractivity contribution >= 4 is 12.3 Å². The third-order valence-electron chi connectivity index (χ3n) is 8.97. The van der Waals surface area contributed by atoms with E-state index in [0.717, 1.165) is 11.8 Å². The molecule has 0 spiro atoms. The van der Waals surface area contributed by atoms with Gasteiger partial charge in [-0.3, -0.25) is 0 Å². The van der Waals surface area contributed by atoms with Crippen molar-refractivity contribution in [1.29, 1.82) is 0 Å². The molecule has 1 aliphatic rings. The molecule has 6 heteroatoms. The van der Waals surface area contributed by atoms with Crippen LogP contribution >= 0.6 is 0 Å². The van der Waals surface area contributed by atoms with Gasteiger partial charge in [-0.2, -0.15) is 0 Å². The highest BCUT2D eigenvalue weighted by molar-refractivity contribution is 5.53. The van der Waals surface area contributed by atoms with Crippen LogP contribution in [-0.4, -0.2) is 32.7 Å². The van der Waals surface area contributed by atoms with Gasteiger partial charge in [-0.15, -0.1) is 0 Å². The first-order chi connectivity index (χ1) is 20.3. The predicted molar refractivity (Wildman–Crippen MR) is 178 cm³/mol.